The maximum atomic E-state index is 12.3. The van der Waals surface area contributed by atoms with Crippen LogP contribution in [0.3, 0.4) is 0 Å². The highest BCUT2D eigenvalue weighted by molar-refractivity contribution is 7.14. The van der Waals surface area contributed by atoms with E-state index >= 15 is 0 Å². The molecule has 3 aromatic carbocycles. The van der Waals surface area contributed by atoms with Gasteiger partial charge < -0.3 is 9.97 Å². The number of hydrogen-bond donors (Lipinski definition) is 2. The standard InChI is InChI=1S/C47H35N3OS/c1-28-4-10-31(11-5-28)44-36-20-21-37(48-36)45(32-12-6-29(2)7-13-32)39-23-25-41(50-39)47(34-16-18-35(51)19-17-34)43-27-26-42(52-43)46(40-24-22-38(44)49-40)33-14-8-30(3)9-15-33/h4-27,48,50H,1-3H3/b44-36-,45-37-,46-40-. The number of benzene rings is 3. The molecule has 6 aromatic rings. The minimum atomic E-state index is -0.0102. The molecule has 8 bridgehead atoms. The molecule has 0 unspecified atom stereocenters. The van der Waals surface area contributed by atoms with Gasteiger partial charge in [0.25, 0.3) is 0 Å². The molecule has 0 atom stereocenters. The van der Waals surface area contributed by atoms with E-state index in [9.17, 15) is 4.79 Å². The lowest BCUT2D eigenvalue weighted by atomic mass is 9.98. The second kappa shape index (κ2) is 12.8. The molecule has 2 aliphatic heterocycles. The van der Waals surface area contributed by atoms with Crippen molar-refractivity contribution in [1.29, 1.82) is 0 Å². The van der Waals surface area contributed by atoms with Crippen LogP contribution in [0.15, 0.2) is 162 Å². The number of aromatic amines is 2. The summed E-state index contributed by atoms with van der Waals surface area (Å²) in [7, 11) is 0. The molecule has 4 nitrogen and oxygen atoms in total. The van der Waals surface area contributed by atoms with Crippen LogP contribution in [0.1, 0.15) is 54.5 Å². The lowest BCUT2D eigenvalue weighted by molar-refractivity contribution is -0.110. The fourth-order valence-corrected chi connectivity index (χ4v) is 8.31. The van der Waals surface area contributed by atoms with Crippen molar-refractivity contribution in [2.24, 2.45) is 4.99 Å². The number of thiophene rings is 1. The molecule has 0 saturated carbocycles. The Hall–Kier alpha value is -6.30. The first kappa shape index (κ1) is 31.7. The monoisotopic (exact) mass is 689 g/mol. The Balaban J connectivity index is 1.40. The van der Waals surface area contributed by atoms with Crippen LogP contribution >= 0.6 is 11.3 Å². The van der Waals surface area contributed by atoms with Gasteiger partial charge in [-0.3, -0.25) is 4.79 Å². The number of hydrogen-bond acceptors (Lipinski definition) is 3. The van der Waals surface area contributed by atoms with Crippen molar-refractivity contribution in [3.8, 4) is 0 Å². The molecule has 52 heavy (non-hydrogen) atoms. The van der Waals surface area contributed by atoms with Gasteiger partial charge in [-0.25, -0.2) is 4.99 Å². The smallest absolute Gasteiger partial charge is 0.178 e. The number of carbonyl (C=O) groups is 1. The Morgan fingerprint density at radius 2 is 0.962 bits per heavy atom. The van der Waals surface area contributed by atoms with Crippen LogP contribution in [0.4, 0.5) is 0 Å². The van der Waals surface area contributed by atoms with E-state index in [0.29, 0.717) is 0 Å². The van der Waals surface area contributed by atoms with Crippen molar-refractivity contribution < 1.29 is 4.79 Å². The number of nitrogens with one attached hydrogen (secondary N) is 2. The second-order valence-corrected chi connectivity index (χ2v) is 14.7. The highest BCUT2D eigenvalue weighted by atomic mass is 32.1. The van der Waals surface area contributed by atoms with Crippen molar-refractivity contribution in [2.75, 3.05) is 0 Å². The van der Waals surface area contributed by atoms with Crippen molar-refractivity contribution in [3.63, 3.8) is 0 Å². The van der Waals surface area contributed by atoms with Gasteiger partial charge in [-0.15, -0.1) is 11.3 Å². The molecule has 3 aliphatic rings. The third-order valence-corrected chi connectivity index (χ3v) is 11.0. The number of ketones is 1. The zero-order valence-electron chi connectivity index (χ0n) is 29.1. The van der Waals surface area contributed by atoms with E-state index < -0.39 is 0 Å². The molecule has 0 radical (unpaired) electrons. The third-order valence-electron chi connectivity index (χ3n) is 9.86. The first-order valence-corrected chi connectivity index (χ1v) is 18.3. The van der Waals surface area contributed by atoms with Gasteiger partial charge in [0.15, 0.2) is 5.78 Å². The molecular weight excluding hydrogens is 655 g/mol. The average Bonchev–Trinajstić information content (AvgIpc) is 3.99. The molecule has 5 heteroatoms. The maximum Gasteiger partial charge on any atom is 0.178 e. The normalized spacial score (nSPS) is 18.8. The molecule has 0 spiro atoms. The number of aryl methyl sites for hydroxylation is 3. The van der Waals surface area contributed by atoms with Crippen LogP contribution in [0.25, 0.3) is 22.3 Å². The van der Waals surface area contributed by atoms with Gasteiger partial charge in [0.1, 0.15) is 0 Å². The van der Waals surface area contributed by atoms with Gasteiger partial charge in [-0.2, -0.15) is 0 Å². The summed E-state index contributed by atoms with van der Waals surface area (Å²) in [4.78, 5) is 27.5. The second-order valence-electron chi connectivity index (χ2n) is 13.6. The summed E-state index contributed by atoms with van der Waals surface area (Å²) in [6.45, 7) is 6.35. The van der Waals surface area contributed by atoms with Crippen molar-refractivity contribution in [2.45, 2.75) is 20.8 Å². The number of carbonyl (C=O) groups excluding carboxylic acids is 1. The quantitative estimate of drug-likeness (QED) is 0.191. The van der Waals surface area contributed by atoms with E-state index in [1.165, 1.54) is 16.7 Å². The number of fused-ring (bicyclic) bond motifs is 7. The van der Waals surface area contributed by atoms with E-state index in [-0.39, 0.29) is 5.78 Å². The topological polar surface area (TPSA) is 61.0 Å². The van der Waals surface area contributed by atoms with Crippen LogP contribution in [0, 0.1) is 20.8 Å². The van der Waals surface area contributed by atoms with Crippen LogP contribution in [-0.2, 0) is 4.79 Å². The number of allylic oxidation sites excluding steroid dienone is 7. The van der Waals surface area contributed by atoms with Gasteiger partial charge in [0.05, 0.1) is 11.4 Å². The van der Waals surface area contributed by atoms with Crippen molar-refractivity contribution >= 4 is 45.1 Å². The summed E-state index contributed by atoms with van der Waals surface area (Å²) in [5.41, 5.74) is 16.0. The van der Waals surface area contributed by atoms with Crippen LogP contribution < -0.4 is 10.7 Å². The van der Waals surface area contributed by atoms with Crippen molar-refractivity contribution in [1.82, 2.24) is 9.97 Å². The first-order valence-electron chi connectivity index (χ1n) is 17.5. The fourth-order valence-electron chi connectivity index (χ4n) is 7.15. The van der Waals surface area contributed by atoms with Crippen molar-refractivity contribution in [3.05, 3.63) is 222 Å². The molecule has 5 heterocycles. The number of aromatic nitrogens is 2. The summed E-state index contributed by atoms with van der Waals surface area (Å²) in [5.74, 6) is -0.0102. The molecule has 3 aromatic heterocycles. The minimum absolute atomic E-state index is 0.0102. The molecule has 0 amide bonds. The minimum Gasteiger partial charge on any atom is -0.354 e. The van der Waals surface area contributed by atoms with Gasteiger partial charge in [-0.1, -0.05) is 102 Å². The lowest BCUT2D eigenvalue weighted by Crippen LogP contribution is -2.19. The van der Waals surface area contributed by atoms with E-state index in [1.54, 1.807) is 23.5 Å². The van der Waals surface area contributed by atoms with Crippen LogP contribution in [-0.4, -0.2) is 21.5 Å². The van der Waals surface area contributed by atoms with Gasteiger partial charge >= 0.3 is 0 Å². The summed E-state index contributed by atoms with van der Waals surface area (Å²) < 4.78 is 0. The first-order chi connectivity index (χ1) is 25.4. The van der Waals surface area contributed by atoms with E-state index in [0.717, 1.165) is 87.8 Å². The maximum absolute atomic E-state index is 12.3. The van der Waals surface area contributed by atoms with E-state index in [4.69, 9.17) is 4.99 Å². The summed E-state index contributed by atoms with van der Waals surface area (Å²) in [6, 6.07) is 39.2. The zero-order chi connectivity index (χ0) is 35.3. The highest BCUT2D eigenvalue weighted by Gasteiger charge is 2.23. The molecule has 0 saturated heterocycles. The van der Waals surface area contributed by atoms with Crippen LogP contribution in [0.5, 0.6) is 0 Å². The number of H-pyrrole nitrogens is 2. The number of nitrogens with zero attached hydrogens (tertiary/aromatic N) is 1. The van der Waals surface area contributed by atoms with Gasteiger partial charge in [0, 0.05) is 54.1 Å². The largest absolute Gasteiger partial charge is 0.354 e. The average molecular weight is 690 g/mol. The molecule has 1 aliphatic carbocycles. The molecule has 250 valence electrons. The Kier molecular flexibility index (Phi) is 7.79. The zero-order valence-corrected chi connectivity index (χ0v) is 29.9. The summed E-state index contributed by atoms with van der Waals surface area (Å²) in [5, 5.41) is 1.99. The highest BCUT2D eigenvalue weighted by Crippen LogP contribution is 2.40. The van der Waals surface area contributed by atoms with E-state index in [2.05, 4.69) is 152 Å². The third kappa shape index (κ3) is 5.75. The fraction of sp³-hybridized carbons (Fsp3) is 0.0638. The number of aliphatic imine (C=N–C) groups is 1. The SMILES string of the molecule is Cc1ccc(/C2=C3\C=CC(=N3)/C(c3ccc(C)cc3)=c3/cc/c([nH]3)=C(\c3ccc(C)cc3)c3ccc([nH]3)C(=C3C=CC(=O)C=C3)c3ccc2s3)cc1. The molecule has 0 fully saturated rings. The Morgan fingerprint density at radius 1 is 0.462 bits per heavy atom. The number of rotatable bonds is 3. The van der Waals surface area contributed by atoms with Gasteiger partial charge in [0.2, 0.25) is 0 Å². The predicted molar refractivity (Wildman–Crippen MR) is 215 cm³/mol. The predicted octanol–water partition coefficient (Wildman–Crippen LogP) is 9.06. The molecule has 9 rings (SSSR count). The molecular formula is C47H35N3OS. The molecule has 2 N–H and O–H groups in total. The van der Waals surface area contributed by atoms with Crippen LogP contribution in [0.2, 0.25) is 0 Å². The Morgan fingerprint density at radius 3 is 1.56 bits per heavy atom. The summed E-state index contributed by atoms with van der Waals surface area (Å²) in [6.07, 6.45) is 11.4. The lowest BCUT2D eigenvalue weighted by Gasteiger charge is -2.12. The summed E-state index contributed by atoms with van der Waals surface area (Å²) >= 11 is 1.74. The Labute approximate surface area is 306 Å². The van der Waals surface area contributed by atoms with Gasteiger partial charge in [-0.05, 0) is 104 Å². The Bertz CT molecular complexity index is 2710. The van der Waals surface area contributed by atoms with E-state index in [1.807, 2.05) is 12.2 Å².